The highest BCUT2D eigenvalue weighted by Crippen LogP contribution is 2.58. The smallest absolute Gasteiger partial charge is 0.0155 e. The van der Waals surface area contributed by atoms with Crippen LogP contribution in [0, 0.1) is 20.8 Å². The maximum Gasteiger partial charge on any atom is -0.0155 e. The van der Waals surface area contributed by atoms with Crippen LogP contribution in [0.4, 0.5) is 0 Å². The Kier molecular flexibility index (Phi) is 2.20. The van der Waals surface area contributed by atoms with E-state index in [2.05, 4.69) is 39.8 Å². The van der Waals surface area contributed by atoms with Crippen LogP contribution >= 0.6 is 7.92 Å². The lowest BCUT2D eigenvalue weighted by molar-refractivity contribution is 1.25. The molecule has 2 rings (SSSR count). The van der Waals surface area contributed by atoms with Gasteiger partial charge in [0, 0.05) is 0 Å². The van der Waals surface area contributed by atoms with Crippen molar-refractivity contribution in [1.29, 1.82) is 0 Å². The Hall–Kier alpha value is -0.350. The minimum absolute atomic E-state index is 0.239. The molecule has 0 aliphatic carbocycles. The van der Waals surface area contributed by atoms with Gasteiger partial charge < -0.3 is 0 Å². The van der Waals surface area contributed by atoms with Gasteiger partial charge in [0.05, 0.1) is 0 Å². The van der Waals surface area contributed by atoms with Crippen molar-refractivity contribution < 1.29 is 0 Å². The highest BCUT2D eigenvalue weighted by Gasteiger charge is 2.35. The van der Waals surface area contributed by atoms with Crippen molar-refractivity contribution >= 4 is 13.2 Å². The summed E-state index contributed by atoms with van der Waals surface area (Å²) in [6, 6.07) is 4.66. The topological polar surface area (TPSA) is 0 Å². The van der Waals surface area contributed by atoms with E-state index in [4.69, 9.17) is 0 Å². The van der Waals surface area contributed by atoms with Crippen LogP contribution in [0.3, 0.4) is 0 Å². The molecule has 1 heterocycles. The Balaban J connectivity index is 2.45. The van der Waals surface area contributed by atoms with Gasteiger partial charge in [0.25, 0.3) is 0 Å². The highest BCUT2D eigenvalue weighted by molar-refractivity contribution is 7.73. The Morgan fingerprint density at radius 2 is 1.62 bits per heavy atom. The monoisotopic (exact) mass is 192 g/mol. The Morgan fingerprint density at radius 3 is 2.00 bits per heavy atom. The standard InChI is InChI=1S/C12H17P/c1-8-5-9(2)12(10(3)6-8)13-7-11(13)4/h5-6,11H,7H2,1-4H3/t11-,13?/m1/s1. The molecular formula is C12H17P. The normalized spacial score (nSPS) is 26.2. The van der Waals surface area contributed by atoms with E-state index >= 15 is 0 Å². The van der Waals surface area contributed by atoms with E-state index in [0.29, 0.717) is 0 Å². The van der Waals surface area contributed by atoms with E-state index < -0.39 is 0 Å². The molecule has 1 aliphatic heterocycles. The second-order valence-corrected chi connectivity index (χ2v) is 6.88. The summed E-state index contributed by atoms with van der Waals surface area (Å²) in [5, 5.41) is 1.69. The minimum atomic E-state index is 0.239. The van der Waals surface area contributed by atoms with E-state index in [-0.39, 0.29) is 7.92 Å². The summed E-state index contributed by atoms with van der Waals surface area (Å²) in [5.74, 6) is 0. The van der Waals surface area contributed by atoms with Crippen molar-refractivity contribution in [3.05, 3.63) is 28.8 Å². The zero-order valence-corrected chi connectivity index (χ0v) is 9.78. The van der Waals surface area contributed by atoms with Crippen LogP contribution in [0.25, 0.3) is 0 Å². The van der Waals surface area contributed by atoms with Crippen molar-refractivity contribution in [2.45, 2.75) is 33.4 Å². The molecule has 0 saturated carbocycles. The van der Waals surface area contributed by atoms with Crippen LogP contribution in [-0.2, 0) is 0 Å². The molecule has 13 heavy (non-hydrogen) atoms. The quantitative estimate of drug-likeness (QED) is 0.600. The maximum atomic E-state index is 2.38. The average molecular weight is 192 g/mol. The second kappa shape index (κ2) is 3.10. The fourth-order valence-electron chi connectivity index (χ4n) is 2.17. The van der Waals surface area contributed by atoms with Gasteiger partial charge in [-0.2, -0.15) is 0 Å². The summed E-state index contributed by atoms with van der Waals surface area (Å²) < 4.78 is 0. The first-order chi connectivity index (χ1) is 6.09. The van der Waals surface area contributed by atoms with E-state index in [1.807, 2.05) is 0 Å². The molecule has 0 amide bonds. The molecule has 1 aliphatic rings. The van der Waals surface area contributed by atoms with Gasteiger partial charge in [-0.05, 0) is 49.0 Å². The third-order valence-corrected chi connectivity index (χ3v) is 5.78. The van der Waals surface area contributed by atoms with Crippen molar-refractivity contribution in [3.63, 3.8) is 0 Å². The first-order valence-corrected chi connectivity index (χ1v) is 6.53. The molecule has 0 nitrogen and oxygen atoms in total. The summed E-state index contributed by atoms with van der Waals surface area (Å²) in [6.45, 7) is 9.10. The summed E-state index contributed by atoms with van der Waals surface area (Å²) >= 11 is 0. The van der Waals surface area contributed by atoms with Crippen LogP contribution in [0.15, 0.2) is 12.1 Å². The third kappa shape index (κ3) is 1.65. The largest absolute Gasteiger partial charge is 0.0708 e. The number of benzene rings is 1. The van der Waals surface area contributed by atoms with Crippen LogP contribution in [-0.4, -0.2) is 11.8 Å². The van der Waals surface area contributed by atoms with Gasteiger partial charge in [-0.1, -0.05) is 32.5 Å². The molecular weight excluding hydrogens is 175 g/mol. The molecule has 0 spiro atoms. The fourth-order valence-corrected chi connectivity index (χ4v) is 4.55. The number of hydrogen-bond donors (Lipinski definition) is 0. The van der Waals surface area contributed by atoms with E-state index in [9.17, 15) is 0 Å². The SMILES string of the molecule is Cc1cc(C)c(P2C[C@H]2C)c(C)c1. The van der Waals surface area contributed by atoms with Gasteiger partial charge in [0.2, 0.25) is 0 Å². The Labute approximate surface area is 82.1 Å². The minimum Gasteiger partial charge on any atom is -0.0708 e. The zero-order valence-electron chi connectivity index (χ0n) is 8.89. The highest BCUT2D eigenvalue weighted by atomic mass is 31.1. The zero-order chi connectivity index (χ0) is 9.59. The molecule has 1 heteroatoms. The summed E-state index contributed by atoms with van der Waals surface area (Å²) in [4.78, 5) is 0. The second-order valence-electron chi connectivity index (χ2n) is 4.25. The van der Waals surface area contributed by atoms with Gasteiger partial charge in [-0.3, -0.25) is 0 Å². The number of aryl methyl sites for hydroxylation is 3. The van der Waals surface area contributed by atoms with Gasteiger partial charge in [-0.25, -0.2) is 0 Å². The number of hydrogen-bond acceptors (Lipinski definition) is 0. The molecule has 1 fully saturated rings. The summed E-state index contributed by atoms with van der Waals surface area (Å²) in [7, 11) is 0.239. The molecule has 0 N–H and O–H groups in total. The fraction of sp³-hybridized carbons (Fsp3) is 0.500. The molecule has 1 unspecified atom stereocenters. The van der Waals surface area contributed by atoms with Crippen molar-refractivity contribution in [1.82, 2.24) is 0 Å². The lowest BCUT2D eigenvalue weighted by Crippen LogP contribution is -2.06. The van der Waals surface area contributed by atoms with Crippen molar-refractivity contribution in [2.75, 3.05) is 6.16 Å². The van der Waals surface area contributed by atoms with Crippen molar-refractivity contribution in [3.8, 4) is 0 Å². The molecule has 0 bridgehead atoms. The molecule has 0 aromatic heterocycles. The molecule has 1 aromatic rings. The van der Waals surface area contributed by atoms with Crippen LogP contribution in [0.5, 0.6) is 0 Å². The molecule has 1 saturated heterocycles. The first kappa shape index (κ1) is 9.21. The first-order valence-electron chi connectivity index (χ1n) is 4.94. The summed E-state index contributed by atoms with van der Waals surface area (Å²) in [5.41, 5.74) is 5.43. The predicted octanol–water partition coefficient (Wildman–Crippen LogP) is 3.12. The van der Waals surface area contributed by atoms with Crippen LogP contribution in [0.2, 0.25) is 0 Å². The molecule has 2 atom stereocenters. The molecule has 1 aromatic carbocycles. The van der Waals surface area contributed by atoms with Gasteiger partial charge in [0.15, 0.2) is 0 Å². The van der Waals surface area contributed by atoms with Gasteiger partial charge >= 0.3 is 0 Å². The van der Waals surface area contributed by atoms with Crippen LogP contribution < -0.4 is 5.30 Å². The van der Waals surface area contributed by atoms with E-state index in [0.717, 1.165) is 5.66 Å². The average Bonchev–Trinajstić information content (AvgIpc) is 2.64. The maximum absolute atomic E-state index is 2.38. The molecule has 70 valence electrons. The van der Waals surface area contributed by atoms with Crippen LogP contribution in [0.1, 0.15) is 23.6 Å². The van der Waals surface area contributed by atoms with Gasteiger partial charge in [-0.15, -0.1) is 0 Å². The number of rotatable bonds is 1. The lowest BCUT2D eigenvalue weighted by Gasteiger charge is -2.10. The van der Waals surface area contributed by atoms with Crippen molar-refractivity contribution in [2.24, 2.45) is 0 Å². The van der Waals surface area contributed by atoms with E-state index in [1.165, 1.54) is 22.9 Å². The molecule has 0 radical (unpaired) electrons. The Bertz CT molecular complexity index is 318. The van der Waals surface area contributed by atoms with E-state index in [1.54, 1.807) is 5.30 Å². The third-order valence-electron chi connectivity index (χ3n) is 2.78. The Morgan fingerprint density at radius 1 is 1.15 bits per heavy atom. The predicted molar refractivity (Wildman–Crippen MR) is 61.5 cm³/mol. The summed E-state index contributed by atoms with van der Waals surface area (Å²) in [6.07, 6.45) is 1.46. The lowest BCUT2D eigenvalue weighted by atomic mass is 10.1. The van der Waals surface area contributed by atoms with Gasteiger partial charge in [0.1, 0.15) is 0 Å².